The van der Waals surface area contributed by atoms with Crippen LogP contribution in [-0.4, -0.2) is 64.9 Å². The fourth-order valence-corrected chi connectivity index (χ4v) is 5.11. The van der Waals surface area contributed by atoms with Crippen molar-refractivity contribution in [3.8, 4) is 0 Å². The number of ether oxygens (including phenoxy) is 2. The first-order chi connectivity index (χ1) is 13.9. The highest BCUT2D eigenvalue weighted by atomic mass is 32.2. The molecule has 3 rings (SSSR count). The van der Waals surface area contributed by atoms with Crippen molar-refractivity contribution in [2.45, 2.75) is 56.2 Å². The van der Waals surface area contributed by atoms with Crippen molar-refractivity contribution in [3.05, 3.63) is 35.9 Å². The number of rotatable bonds is 7. The van der Waals surface area contributed by atoms with E-state index in [2.05, 4.69) is 33.7 Å². The van der Waals surface area contributed by atoms with Gasteiger partial charge in [0.15, 0.2) is 0 Å². The maximum Gasteiger partial charge on any atom is 0.409 e. The van der Waals surface area contributed by atoms with Gasteiger partial charge in [-0.1, -0.05) is 30.3 Å². The van der Waals surface area contributed by atoms with E-state index in [9.17, 15) is 13.2 Å². The molecule has 1 aliphatic carbocycles. The molecule has 0 aromatic heterocycles. The Balaban J connectivity index is 1.56. The van der Waals surface area contributed by atoms with Crippen LogP contribution in [0.2, 0.25) is 0 Å². The molecule has 1 heterocycles. The van der Waals surface area contributed by atoms with E-state index in [1.807, 2.05) is 6.07 Å². The predicted molar refractivity (Wildman–Crippen MR) is 110 cm³/mol. The highest BCUT2D eigenvalue weighted by Gasteiger charge is 2.40. The highest BCUT2D eigenvalue weighted by Crippen LogP contribution is 2.34. The van der Waals surface area contributed by atoms with Crippen molar-refractivity contribution >= 4 is 16.3 Å². The van der Waals surface area contributed by atoms with E-state index in [0.29, 0.717) is 18.9 Å². The summed E-state index contributed by atoms with van der Waals surface area (Å²) in [4.78, 5) is 13.7. The summed E-state index contributed by atoms with van der Waals surface area (Å²) >= 11 is 0. The number of nitrogens with one attached hydrogen (secondary N) is 2. The number of methoxy groups -OCH3 is 1. The number of hydrogen-bond donors (Lipinski definition) is 2. The van der Waals surface area contributed by atoms with Crippen molar-refractivity contribution in [2.75, 3.05) is 27.3 Å². The van der Waals surface area contributed by atoms with E-state index in [1.54, 1.807) is 4.90 Å². The third-order valence-electron chi connectivity index (χ3n) is 5.98. The normalized spacial score (nSPS) is 27.7. The second-order valence-electron chi connectivity index (χ2n) is 7.67. The lowest BCUT2D eigenvalue weighted by atomic mass is 9.83. The van der Waals surface area contributed by atoms with E-state index in [4.69, 9.17) is 9.47 Å². The Kier molecular flexibility index (Phi) is 7.50. The molecule has 162 valence electrons. The van der Waals surface area contributed by atoms with Crippen LogP contribution in [0.3, 0.4) is 0 Å². The maximum atomic E-state index is 12.1. The summed E-state index contributed by atoms with van der Waals surface area (Å²) in [5.41, 5.74) is 1.38. The monoisotopic (exact) mass is 425 g/mol. The lowest BCUT2D eigenvalue weighted by Crippen LogP contribution is -2.51. The summed E-state index contributed by atoms with van der Waals surface area (Å²) in [7, 11) is -0.924. The lowest BCUT2D eigenvalue weighted by molar-refractivity contribution is -0.00536. The topological polar surface area (TPSA) is 97.0 Å². The van der Waals surface area contributed by atoms with Gasteiger partial charge in [0.05, 0.1) is 25.9 Å². The van der Waals surface area contributed by atoms with Gasteiger partial charge in [0, 0.05) is 19.6 Å². The molecule has 1 unspecified atom stereocenters. The summed E-state index contributed by atoms with van der Waals surface area (Å²) in [5.74, 6) is 0.560. The van der Waals surface area contributed by atoms with Crippen molar-refractivity contribution in [1.29, 1.82) is 0 Å². The minimum absolute atomic E-state index is 0.122. The molecule has 2 fully saturated rings. The van der Waals surface area contributed by atoms with E-state index in [0.717, 1.165) is 25.7 Å². The number of hydrogen-bond acceptors (Lipinski definition) is 5. The largest absolute Gasteiger partial charge is 0.453 e. The van der Waals surface area contributed by atoms with Crippen molar-refractivity contribution < 1.29 is 22.7 Å². The summed E-state index contributed by atoms with van der Waals surface area (Å²) in [5, 5.41) is 0. The average Bonchev–Trinajstić information content (AvgIpc) is 3.14. The zero-order chi connectivity index (χ0) is 20.9. The van der Waals surface area contributed by atoms with E-state index < -0.39 is 28.4 Å². The zero-order valence-electron chi connectivity index (χ0n) is 17.0. The predicted octanol–water partition coefficient (Wildman–Crippen LogP) is 1.99. The quantitative estimate of drug-likeness (QED) is 0.696. The molecule has 8 nitrogen and oxygen atoms in total. The Bertz CT molecular complexity index is 766. The van der Waals surface area contributed by atoms with Crippen LogP contribution in [0.5, 0.6) is 0 Å². The summed E-state index contributed by atoms with van der Waals surface area (Å²) in [6.07, 6.45) is 4.22. The third kappa shape index (κ3) is 5.69. The second kappa shape index (κ2) is 9.88. The van der Waals surface area contributed by atoms with Gasteiger partial charge in [-0.25, -0.2) is 9.52 Å². The average molecular weight is 426 g/mol. The summed E-state index contributed by atoms with van der Waals surface area (Å²) < 4.78 is 39.7. The molecule has 0 bridgehead atoms. The first kappa shape index (κ1) is 22.0. The molecule has 9 heteroatoms. The molecule has 2 aliphatic rings. The van der Waals surface area contributed by atoms with Crippen LogP contribution in [0.15, 0.2) is 30.3 Å². The van der Waals surface area contributed by atoms with Crippen LogP contribution in [0, 0.1) is 0 Å². The van der Waals surface area contributed by atoms with Crippen LogP contribution < -0.4 is 9.44 Å². The fraction of sp³-hybridized carbons (Fsp3) is 0.650. The Labute approximate surface area is 173 Å². The second-order valence-corrected chi connectivity index (χ2v) is 9.32. The number of benzene rings is 1. The molecule has 1 aliphatic heterocycles. The minimum Gasteiger partial charge on any atom is -0.453 e. The molecule has 2 N–H and O–H groups in total. The van der Waals surface area contributed by atoms with Gasteiger partial charge in [-0.2, -0.15) is 13.1 Å². The van der Waals surface area contributed by atoms with Crippen LogP contribution in [0.25, 0.3) is 0 Å². The molecule has 29 heavy (non-hydrogen) atoms. The number of amides is 1. The van der Waals surface area contributed by atoms with E-state index in [1.165, 1.54) is 19.7 Å². The summed E-state index contributed by atoms with van der Waals surface area (Å²) in [6.45, 7) is 0.713. The number of likely N-dealkylation sites (tertiary alicyclic amines) is 1. The maximum absolute atomic E-state index is 12.1. The van der Waals surface area contributed by atoms with Crippen LogP contribution in [0.4, 0.5) is 4.79 Å². The molecular weight excluding hydrogens is 394 g/mol. The van der Waals surface area contributed by atoms with Gasteiger partial charge < -0.3 is 14.4 Å². The smallest absolute Gasteiger partial charge is 0.409 e. The van der Waals surface area contributed by atoms with Gasteiger partial charge in [-0.15, -0.1) is 0 Å². The highest BCUT2D eigenvalue weighted by molar-refractivity contribution is 7.87. The van der Waals surface area contributed by atoms with Gasteiger partial charge in [0.1, 0.15) is 0 Å². The Hall–Kier alpha value is -1.68. The molecule has 0 radical (unpaired) electrons. The minimum atomic E-state index is -3.61. The fourth-order valence-electron chi connectivity index (χ4n) is 4.32. The first-order valence-electron chi connectivity index (χ1n) is 10.2. The van der Waals surface area contributed by atoms with Gasteiger partial charge >= 0.3 is 6.09 Å². The van der Waals surface area contributed by atoms with Gasteiger partial charge in [-0.05, 0) is 43.6 Å². The zero-order valence-corrected chi connectivity index (χ0v) is 17.9. The van der Waals surface area contributed by atoms with E-state index in [-0.39, 0.29) is 12.7 Å². The van der Waals surface area contributed by atoms with Crippen molar-refractivity contribution in [2.24, 2.45) is 0 Å². The Morgan fingerprint density at radius 1 is 1.14 bits per heavy atom. The molecular formula is C20H31N3O5S. The molecule has 1 amide bonds. The van der Waals surface area contributed by atoms with Crippen LogP contribution in [0.1, 0.15) is 43.6 Å². The lowest BCUT2D eigenvalue weighted by Gasteiger charge is -2.32. The van der Waals surface area contributed by atoms with Gasteiger partial charge in [0.25, 0.3) is 10.2 Å². The number of carbonyl (C=O) groups excluding carboxylic acids is 1. The molecule has 1 saturated carbocycles. The standard InChI is InChI=1S/C20H31N3O5S/c1-21-29(25,26)22-18-12-13-23(20(24)27-2)19(18)14-28-17-10-8-16(9-11-17)15-6-4-3-5-7-15/h3-7,16-19,21-22H,8-14H2,1-2H3/t16?,17?,18-,19?/m0/s1. The number of nitrogens with zero attached hydrogens (tertiary/aromatic N) is 1. The van der Waals surface area contributed by atoms with E-state index >= 15 is 0 Å². The van der Waals surface area contributed by atoms with Crippen molar-refractivity contribution in [1.82, 2.24) is 14.3 Å². The summed E-state index contributed by atoms with van der Waals surface area (Å²) in [6, 6.07) is 9.74. The van der Waals surface area contributed by atoms with Crippen molar-refractivity contribution in [3.63, 3.8) is 0 Å². The number of carbonyl (C=O) groups is 1. The molecule has 2 atom stereocenters. The Morgan fingerprint density at radius 2 is 1.83 bits per heavy atom. The van der Waals surface area contributed by atoms with Crippen LogP contribution in [-0.2, 0) is 19.7 Å². The first-order valence-corrected chi connectivity index (χ1v) is 11.6. The molecule has 0 spiro atoms. The van der Waals surface area contributed by atoms with Gasteiger partial charge in [0.2, 0.25) is 0 Å². The van der Waals surface area contributed by atoms with Gasteiger partial charge in [-0.3, -0.25) is 0 Å². The molecule has 1 aromatic carbocycles. The Morgan fingerprint density at radius 3 is 2.45 bits per heavy atom. The third-order valence-corrected chi connectivity index (χ3v) is 7.13. The molecule has 1 saturated heterocycles. The van der Waals surface area contributed by atoms with Crippen LogP contribution >= 0.6 is 0 Å². The molecule has 1 aromatic rings. The SMILES string of the molecule is CNS(=O)(=O)N[C@H]1CCN(C(=O)OC)C1COC1CCC(c2ccccc2)CC1.